The number of aliphatic hydroxyl groups excluding tert-OH is 1. The lowest BCUT2D eigenvalue weighted by Crippen LogP contribution is -2.55. The molecule has 0 aromatic heterocycles. The first kappa shape index (κ1) is 14.4. The highest BCUT2D eigenvalue weighted by Gasteiger charge is 2.34. The number of carbonyl (C=O) groups is 1. The number of ether oxygens (including phenoxy) is 1. The number of carbonyl (C=O) groups excluding carboxylic acids is 1. The Kier molecular flexibility index (Phi) is 5.36. The van der Waals surface area contributed by atoms with Gasteiger partial charge in [-0.2, -0.15) is 0 Å². The quantitative estimate of drug-likeness (QED) is 0.616. The van der Waals surface area contributed by atoms with Gasteiger partial charge in [0.2, 0.25) is 5.91 Å². The van der Waals surface area contributed by atoms with Gasteiger partial charge in [-0.05, 0) is 19.3 Å². The molecule has 1 fully saturated rings. The minimum Gasteiger partial charge on any atom is -0.394 e. The van der Waals surface area contributed by atoms with Gasteiger partial charge in [-0.1, -0.05) is 13.8 Å². The molecule has 5 nitrogen and oxygen atoms in total. The molecule has 17 heavy (non-hydrogen) atoms. The molecule has 2 atom stereocenters. The molecule has 3 N–H and O–H groups in total. The Labute approximate surface area is 103 Å². The third kappa shape index (κ3) is 3.40. The van der Waals surface area contributed by atoms with Crippen LogP contribution in [0.25, 0.3) is 0 Å². The Morgan fingerprint density at radius 2 is 2.18 bits per heavy atom. The van der Waals surface area contributed by atoms with Crippen molar-refractivity contribution in [3.63, 3.8) is 0 Å². The number of rotatable bonds is 6. The number of nitrogens with one attached hydrogen (secondary N) is 2. The summed E-state index contributed by atoms with van der Waals surface area (Å²) in [6.45, 7) is 4.63. The van der Waals surface area contributed by atoms with Crippen molar-refractivity contribution in [2.45, 2.75) is 50.8 Å². The van der Waals surface area contributed by atoms with Crippen LogP contribution in [0, 0.1) is 0 Å². The fourth-order valence-corrected chi connectivity index (χ4v) is 2.12. The normalized spacial score (nSPS) is 24.9. The van der Waals surface area contributed by atoms with E-state index in [4.69, 9.17) is 4.74 Å². The molecule has 0 radical (unpaired) electrons. The molecule has 1 aliphatic heterocycles. The van der Waals surface area contributed by atoms with Gasteiger partial charge in [-0.15, -0.1) is 0 Å². The summed E-state index contributed by atoms with van der Waals surface area (Å²) in [4.78, 5) is 12.1. The van der Waals surface area contributed by atoms with Crippen LogP contribution in [-0.4, -0.2) is 49.0 Å². The zero-order chi connectivity index (χ0) is 12.9. The van der Waals surface area contributed by atoms with Gasteiger partial charge in [0, 0.05) is 13.7 Å². The largest absolute Gasteiger partial charge is 0.394 e. The maximum atomic E-state index is 12.1. The molecule has 1 heterocycles. The average Bonchev–Trinajstić information content (AvgIpc) is 2.85. The van der Waals surface area contributed by atoms with E-state index in [1.54, 1.807) is 7.11 Å². The third-order valence-electron chi connectivity index (χ3n) is 3.78. The van der Waals surface area contributed by atoms with Gasteiger partial charge in [0.25, 0.3) is 0 Å². The van der Waals surface area contributed by atoms with Crippen molar-refractivity contribution in [2.75, 3.05) is 20.3 Å². The van der Waals surface area contributed by atoms with E-state index in [0.29, 0.717) is 13.0 Å². The van der Waals surface area contributed by atoms with E-state index in [9.17, 15) is 9.90 Å². The Bertz CT molecular complexity index is 246. The second kappa shape index (κ2) is 6.33. The molecule has 0 saturated carbocycles. The third-order valence-corrected chi connectivity index (χ3v) is 3.78. The molecule has 100 valence electrons. The van der Waals surface area contributed by atoms with E-state index in [1.807, 2.05) is 13.8 Å². The molecule has 1 saturated heterocycles. The van der Waals surface area contributed by atoms with Crippen LogP contribution in [0.5, 0.6) is 0 Å². The van der Waals surface area contributed by atoms with E-state index in [1.165, 1.54) is 0 Å². The van der Waals surface area contributed by atoms with Crippen LogP contribution < -0.4 is 10.6 Å². The average molecular weight is 244 g/mol. The van der Waals surface area contributed by atoms with E-state index in [2.05, 4.69) is 10.6 Å². The molecule has 0 bridgehead atoms. The van der Waals surface area contributed by atoms with Crippen molar-refractivity contribution < 1.29 is 14.6 Å². The van der Waals surface area contributed by atoms with E-state index >= 15 is 0 Å². The maximum Gasteiger partial charge on any atom is 0.237 e. The van der Waals surface area contributed by atoms with Gasteiger partial charge in [-0.3, -0.25) is 4.79 Å². The molecule has 0 spiro atoms. The molecular formula is C12H24N2O3. The van der Waals surface area contributed by atoms with Crippen molar-refractivity contribution in [3.05, 3.63) is 0 Å². The summed E-state index contributed by atoms with van der Waals surface area (Å²) in [6.07, 6.45) is 2.26. The van der Waals surface area contributed by atoms with Crippen molar-refractivity contribution in [1.82, 2.24) is 10.6 Å². The summed E-state index contributed by atoms with van der Waals surface area (Å²) in [7, 11) is 1.66. The first-order chi connectivity index (χ1) is 8.10. The van der Waals surface area contributed by atoms with Gasteiger partial charge >= 0.3 is 0 Å². The molecule has 0 aromatic carbocycles. The molecule has 0 aromatic rings. The van der Waals surface area contributed by atoms with E-state index in [-0.39, 0.29) is 24.7 Å². The number of amides is 1. The molecule has 1 aliphatic rings. The number of hydrogen-bond donors (Lipinski definition) is 3. The van der Waals surface area contributed by atoms with Crippen molar-refractivity contribution in [2.24, 2.45) is 0 Å². The van der Waals surface area contributed by atoms with Crippen LogP contribution in [0.2, 0.25) is 0 Å². The van der Waals surface area contributed by atoms with E-state index < -0.39 is 5.54 Å². The summed E-state index contributed by atoms with van der Waals surface area (Å²) in [6, 6.07) is -0.205. The van der Waals surface area contributed by atoms with Crippen LogP contribution in [0.15, 0.2) is 0 Å². The first-order valence-electron chi connectivity index (χ1n) is 6.29. The molecule has 1 amide bonds. The van der Waals surface area contributed by atoms with Crippen molar-refractivity contribution in [3.8, 4) is 0 Å². The summed E-state index contributed by atoms with van der Waals surface area (Å²) in [5, 5.41) is 15.5. The molecule has 5 heteroatoms. The highest BCUT2D eigenvalue weighted by Crippen LogP contribution is 2.16. The zero-order valence-electron chi connectivity index (χ0n) is 11.0. The van der Waals surface area contributed by atoms with Gasteiger partial charge in [-0.25, -0.2) is 0 Å². The Morgan fingerprint density at radius 3 is 2.59 bits per heavy atom. The summed E-state index contributed by atoms with van der Waals surface area (Å²) in [5.74, 6) is -0.0395. The lowest BCUT2D eigenvalue weighted by atomic mass is 9.93. The first-order valence-corrected chi connectivity index (χ1v) is 6.29. The second-order valence-electron chi connectivity index (χ2n) is 4.69. The smallest absolute Gasteiger partial charge is 0.237 e. The number of hydrogen-bond acceptors (Lipinski definition) is 4. The predicted molar refractivity (Wildman–Crippen MR) is 65.7 cm³/mol. The monoisotopic (exact) mass is 244 g/mol. The highest BCUT2D eigenvalue weighted by atomic mass is 16.5. The minimum absolute atomic E-state index is 0.0217. The van der Waals surface area contributed by atoms with Crippen molar-refractivity contribution in [1.29, 1.82) is 0 Å². The second-order valence-corrected chi connectivity index (χ2v) is 4.69. The van der Waals surface area contributed by atoms with Crippen LogP contribution in [0.1, 0.15) is 33.1 Å². The molecule has 0 aliphatic carbocycles. The summed E-state index contributed by atoms with van der Waals surface area (Å²) in [5.41, 5.74) is -0.482. The molecular weight excluding hydrogens is 220 g/mol. The fourth-order valence-electron chi connectivity index (χ4n) is 2.12. The Balaban J connectivity index is 2.54. The predicted octanol–water partition coefficient (Wildman–Crippen LogP) is 0.0306. The summed E-state index contributed by atoms with van der Waals surface area (Å²) < 4.78 is 5.21. The number of methoxy groups -OCH3 is 1. The van der Waals surface area contributed by atoms with Crippen LogP contribution in [-0.2, 0) is 9.53 Å². The molecule has 1 rings (SSSR count). The number of aliphatic hydroxyl groups is 1. The Morgan fingerprint density at radius 1 is 1.53 bits per heavy atom. The maximum absolute atomic E-state index is 12.1. The zero-order valence-corrected chi connectivity index (χ0v) is 11.0. The van der Waals surface area contributed by atoms with Crippen LogP contribution in [0.3, 0.4) is 0 Å². The standard InChI is InChI=1S/C12H24N2O3/c1-4-12(5-2,8-15)14-11(16)10-6-9(17-3)7-13-10/h9-10,13,15H,4-8H2,1-3H3,(H,14,16). The summed E-state index contributed by atoms with van der Waals surface area (Å²) >= 11 is 0. The molecule has 2 unspecified atom stereocenters. The van der Waals surface area contributed by atoms with Gasteiger partial charge in [0.1, 0.15) is 0 Å². The van der Waals surface area contributed by atoms with Crippen molar-refractivity contribution >= 4 is 5.91 Å². The fraction of sp³-hybridized carbons (Fsp3) is 0.917. The van der Waals surface area contributed by atoms with E-state index in [0.717, 1.165) is 12.8 Å². The van der Waals surface area contributed by atoms with Gasteiger partial charge < -0.3 is 20.5 Å². The highest BCUT2D eigenvalue weighted by molar-refractivity contribution is 5.82. The lowest BCUT2D eigenvalue weighted by molar-refractivity contribution is -0.125. The topological polar surface area (TPSA) is 70.6 Å². The van der Waals surface area contributed by atoms with Crippen LogP contribution in [0.4, 0.5) is 0 Å². The van der Waals surface area contributed by atoms with Crippen LogP contribution >= 0.6 is 0 Å². The SMILES string of the molecule is CCC(CC)(CO)NC(=O)C1CC(OC)CN1. The lowest BCUT2D eigenvalue weighted by Gasteiger charge is -2.32. The Hall–Kier alpha value is -0.650. The van der Waals surface area contributed by atoms with Gasteiger partial charge in [0.15, 0.2) is 0 Å². The minimum atomic E-state index is -0.482. The van der Waals surface area contributed by atoms with Gasteiger partial charge in [0.05, 0.1) is 24.3 Å².